The number of Topliss-reactive ketones (excluding diaryl/α,β-unsaturated/α-hetero) is 1. The maximum absolute atomic E-state index is 12.5. The van der Waals surface area contributed by atoms with Gasteiger partial charge in [0.2, 0.25) is 0 Å². The zero-order chi connectivity index (χ0) is 16.8. The van der Waals surface area contributed by atoms with Gasteiger partial charge in [-0.2, -0.15) is 0 Å². The molecule has 122 valence electrons. The molecule has 1 aromatic heterocycles. The molecule has 0 spiro atoms. The number of aromatic nitrogens is 2. The molecule has 7 nitrogen and oxygen atoms in total. The van der Waals surface area contributed by atoms with Crippen molar-refractivity contribution in [3.05, 3.63) is 67.5 Å². The molecule has 1 atom stereocenters. The first-order chi connectivity index (χ1) is 11.5. The molecule has 0 bridgehead atoms. The number of allylic oxidation sites excluding steroid dienone is 2. The van der Waals surface area contributed by atoms with Gasteiger partial charge in [0.05, 0.1) is 5.56 Å². The van der Waals surface area contributed by atoms with Crippen LogP contribution < -0.4 is 16.6 Å². The number of ketones is 1. The molecule has 1 aromatic carbocycles. The van der Waals surface area contributed by atoms with Gasteiger partial charge in [-0.3, -0.25) is 19.6 Å². The highest BCUT2D eigenvalue weighted by atomic mass is 16.3. The van der Waals surface area contributed by atoms with Crippen LogP contribution in [0.1, 0.15) is 36.3 Å². The number of phenols is 1. The van der Waals surface area contributed by atoms with Crippen LogP contribution in [0, 0.1) is 0 Å². The number of anilines is 1. The summed E-state index contributed by atoms with van der Waals surface area (Å²) in [5, 5.41) is 12.9. The summed E-state index contributed by atoms with van der Waals surface area (Å²) in [6.45, 7) is 0. The van der Waals surface area contributed by atoms with Gasteiger partial charge < -0.3 is 10.4 Å². The predicted octanol–water partition coefficient (Wildman–Crippen LogP) is 1.33. The van der Waals surface area contributed by atoms with Gasteiger partial charge in [0.15, 0.2) is 5.78 Å². The Morgan fingerprint density at radius 2 is 1.92 bits per heavy atom. The fraction of sp³-hybridized carbons (Fsp3) is 0.235. The zero-order valence-corrected chi connectivity index (χ0v) is 12.7. The van der Waals surface area contributed by atoms with Crippen molar-refractivity contribution in [2.45, 2.75) is 25.2 Å². The Balaban J connectivity index is 2.03. The monoisotopic (exact) mass is 325 g/mol. The number of H-pyrrole nitrogens is 2. The third kappa shape index (κ3) is 2.17. The van der Waals surface area contributed by atoms with Crippen molar-refractivity contribution < 1.29 is 9.90 Å². The van der Waals surface area contributed by atoms with Crippen LogP contribution in [0.2, 0.25) is 0 Å². The van der Waals surface area contributed by atoms with Crippen LogP contribution in [0.3, 0.4) is 0 Å². The summed E-state index contributed by atoms with van der Waals surface area (Å²) in [6.07, 6.45) is 1.82. The summed E-state index contributed by atoms with van der Waals surface area (Å²) in [6, 6.07) is 6.49. The molecule has 2 heterocycles. The van der Waals surface area contributed by atoms with Crippen molar-refractivity contribution >= 4 is 11.6 Å². The van der Waals surface area contributed by atoms with E-state index in [2.05, 4.69) is 15.3 Å². The number of fused-ring (bicyclic) bond motifs is 1. The second-order valence-electron chi connectivity index (χ2n) is 6.02. The van der Waals surface area contributed by atoms with E-state index in [4.69, 9.17) is 0 Å². The number of carbonyl (C=O) groups is 1. The molecule has 0 amide bonds. The van der Waals surface area contributed by atoms with Crippen LogP contribution in [0.15, 0.2) is 45.1 Å². The van der Waals surface area contributed by atoms with Gasteiger partial charge in [-0.1, -0.05) is 12.1 Å². The third-order valence-corrected chi connectivity index (χ3v) is 4.49. The highest BCUT2D eigenvalue weighted by Gasteiger charge is 2.37. The fourth-order valence-corrected chi connectivity index (χ4v) is 3.53. The van der Waals surface area contributed by atoms with Crippen molar-refractivity contribution in [1.29, 1.82) is 0 Å². The molecule has 0 unspecified atom stereocenters. The van der Waals surface area contributed by atoms with E-state index in [9.17, 15) is 19.5 Å². The number of aromatic hydroxyl groups is 1. The highest BCUT2D eigenvalue weighted by molar-refractivity contribution is 6.00. The Bertz CT molecular complexity index is 999. The van der Waals surface area contributed by atoms with Crippen molar-refractivity contribution in [2.75, 3.05) is 5.32 Å². The number of rotatable bonds is 1. The van der Waals surface area contributed by atoms with E-state index >= 15 is 0 Å². The third-order valence-electron chi connectivity index (χ3n) is 4.49. The number of aromatic amines is 2. The number of phenolic OH excluding ortho intramolecular Hbond substituents is 1. The van der Waals surface area contributed by atoms with E-state index in [0.29, 0.717) is 29.8 Å². The Kier molecular flexibility index (Phi) is 3.16. The first-order valence-electron chi connectivity index (χ1n) is 7.73. The first kappa shape index (κ1) is 14.5. The summed E-state index contributed by atoms with van der Waals surface area (Å²) >= 11 is 0. The molecule has 4 rings (SSSR count). The molecule has 0 radical (unpaired) electrons. The summed E-state index contributed by atoms with van der Waals surface area (Å²) in [5.74, 6) is -0.269. The van der Waals surface area contributed by atoms with E-state index in [1.54, 1.807) is 12.1 Å². The van der Waals surface area contributed by atoms with Crippen LogP contribution in [0.25, 0.3) is 0 Å². The van der Waals surface area contributed by atoms with Crippen molar-refractivity contribution in [3.8, 4) is 5.75 Å². The number of carbonyl (C=O) groups excluding carboxylic acids is 1. The molecule has 24 heavy (non-hydrogen) atoms. The number of benzene rings is 1. The molecule has 1 aliphatic heterocycles. The smallest absolute Gasteiger partial charge is 0.327 e. The lowest BCUT2D eigenvalue weighted by atomic mass is 9.76. The predicted molar refractivity (Wildman–Crippen MR) is 87.1 cm³/mol. The van der Waals surface area contributed by atoms with E-state index < -0.39 is 17.2 Å². The molecule has 0 saturated heterocycles. The summed E-state index contributed by atoms with van der Waals surface area (Å²) in [7, 11) is 0. The quantitative estimate of drug-likeness (QED) is 0.631. The van der Waals surface area contributed by atoms with E-state index in [0.717, 1.165) is 12.1 Å². The molecule has 2 aromatic rings. The topological polar surface area (TPSA) is 115 Å². The normalized spacial score (nSPS) is 19.5. The lowest BCUT2D eigenvalue weighted by Gasteiger charge is -2.32. The van der Waals surface area contributed by atoms with Crippen molar-refractivity contribution in [1.82, 2.24) is 9.97 Å². The molecule has 4 N–H and O–H groups in total. The second kappa shape index (κ2) is 5.23. The minimum absolute atomic E-state index is 0.0201. The van der Waals surface area contributed by atoms with Crippen molar-refractivity contribution in [2.24, 2.45) is 0 Å². The molecule has 0 fully saturated rings. The maximum atomic E-state index is 12.5. The molecular weight excluding hydrogens is 310 g/mol. The average Bonchev–Trinajstić information content (AvgIpc) is 2.53. The SMILES string of the molecule is O=C1CCCC2=C1[C@H](c1cccc(O)c1)c1c([nH]c(=O)[nH]c1=O)N2. The Labute approximate surface area is 136 Å². The lowest BCUT2D eigenvalue weighted by molar-refractivity contribution is -0.116. The van der Waals surface area contributed by atoms with Gasteiger partial charge in [-0.05, 0) is 30.5 Å². The lowest BCUT2D eigenvalue weighted by Crippen LogP contribution is -2.36. The average molecular weight is 325 g/mol. The van der Waals surface area contributed by atoms with Crippen LogP contribution in [0.5, 0.6) is 5.75 Å². The summed E-state index contributed by atoms with van der Waals surface area (Å²) in [5.41, 5.74) is 1.05. The van der Waals surface area contributed by atoms with Crippen LogP contribution >= 0.6 is 0 Å². The Morgan fingerprint density at radius 1 is 1.08 bits per heavy atom. The van der Waals surface area contributed by atoms with E-state index in [1.165, 1.54) is 12.1 Å². The van der Waals surface area contributed by atoms with Crippen LogP contribution in [-0.4, -0.2) is 20.9 Å². The molecule has 2 aliphatic rings. The van der Waals surface area contributed by atoms with Gasteiger partial charge >= 0.3 is 5.69 Å². The van der Waals surface area contributed by atoms with Crippen LogP contribution in [-0.2, 0) is 4.79 Å². The largest absolute Gasteiger partial charge is 0.508 e. The molecule has 0 saturated carbocycles. The molecular formula is C17H15N3O4. The van der Waals surface area contributed by atoms with E-state index in [1.807, 2.05) is 0 Å². The molecule has 1 aliphatic carbocycles. The van der Waals surface area contributed by atoms with Crippen LogP contribution in [0.4, 0.5) is 5.82 Å². The van der Waals surface area contributed by atoms with Gasteiger partial charge in [-0.15, -0.1) is 0 Å². The number of nitrogens with one attached hydrogen (secondary N) is 3. The number of hydrogen-bond acceptors (Lipinski definition) is 5. The van der Waals surface area contributed by atoms with Crippen molar-refractivity contribution in [3.63, 3.8) is 0 Å². The van der Waals surface area contributed by atoms with E-state index in [-0.39, 0.29) is 17.1 Å². The maximum Gasteiger partial charge on any atom is 0.327 e. The van der Waals surface area contributed by atoms with Gasteiger partial charge in [0.1, 0.15) is 11.6 Å². The minimum atomic E-state index is -0.614. The standard InChI is InChI=1S/C17H15N3O4/c21-9-4-1-3-8(7-9)12-13-10(5-2-6-11(13)22)18-15-14(12)16(23)20-17(24)19-15/h1,3-4,7,12,21H,2,5-6H2,(H3,18,19,20,23,24)/t12-/m0/s1. The minimum Gasteiger partial charge on any atom is -0.508 e. The zero-order valence-electron chi connectivity index (χ0n) is 12.7. The highest BCUT2D eigenvalue weighted by Crippen LogP contribution is 2.43. The fourth-order valence-electron chi connectivity index (χ4n) is 3.53. The molecule has 7 heteroatoms. The Morgan fingerprint density at radius 3 is 2.71 bits per heavy atom. The van der Waals surface area contributed by atoms with Gasteiger partial charge in [0, 0.05) is 23.6 Å². The Hall–Kier alpha value is -3.09. The van der Waals surface area contributed by atoms with Gasteiger partial charge in [0.25, 0.3) is 5.56 Å². The summed E-state index contributed by atoms with van der Waals surface area (Å²) < 4.78 is 0. The van der Waals surface area contributed by atoms with Gasteiger partial charge in [-0.25, -0.2) is 4.79 Å². The second-order valence-corrected chi connectivity index (χ2v) is 6.02. The first-order valence-corrected chi connectivity index (χ1v) is 7.73. The number of hydrogen-bond donors (Lipinski definition) is 4. The summed E-state index contributed by atoms with van der Waals surface area (Å²) in [4.78, 5) is 41.4.